The summed E-state index contributed by atoms with van der Waals surface area (Å²) < 4.78 is 0. The first-order valence-corrected chi connectivity index (χ1v) is 8.04. The molecule has 0 amide bonds. The topological polar surface area (TPSA) is 37.3 Å². The standard InChI is InChI=1S/C16H27ClO2/c17-15-13-11-9-7-5-3-1-2-4-6-8-10-12-14-16(18)19/h1-6,8,10-15H2,(H,18,19). The van der Waals surface area contributed by atoms with Crippen LogP contribution in [0.15, 0.2) is 0 Å². The maximum atomic E-state index is 10.3. The largest absolute Gasteiger partial charge is 0.481 e. The van der Waals surface area contributed by atoms with Gasteiger partial charge in [-0.2, -0.15) is 0 Å². The van der Waals surface area contributed by atoms with Gasteiger partial charge in [0.15, 0.2) is 0 Å². The summed E-state index contributed by atoms with van der Waals surface area (Å²) in [5.74, 6) is 6.36. The molecule has 110 valence electrons. The van der Waals surface area contributed by atoms with E-state index in [2.05, 4.69) is 11.8 Å². The van der Waals surface area contributed by atoms with Crippen molar-refractivity contribution in [3.63, 3.8) is 0 Å². The minimum absolute atomic E-state index is 0.322. The highest BCUT2D eigenvalue weighted by molar-refractivity contribution is 6.17. The van der Waals surface area contributed by atoms with Crippen LogP contribution in [0.3, 0.4) is 0 Å². The van der Waals surface area contributed by atoms with Gasteiger partial charge in [-0.15, -0.1) is 23.4 Å². The number of halogens is 1. The zero-order valence-corrected chi connectivity index (χ0v) is 12.7. The summed E-state index contributed by atoms with van der Waals surface area (Å²) in [6, 6.07) is 0. The summed E-state index contributed by atoms with van der Waals surface area (Å²) in [7, 11) is 0. The molecule has 19 heavy (non-hydrogen) atoms. The van der Waals surface area contributed by atoms with Crippen molar-refractivity contribution in [2.24, 2.45) is 0 Å². The minimum Gasteiger partial charge on any atom is -0.481 e. The van der Waals surface area contributed by atoms with Crippen molar-refractivity contribution in [3.8, 4) is 11.8 Å². The SMILES string of the molecule is O=C(O)CCCCCCCCCCC#CCCCCl. The number of aliphatic carboxylic acids is 1. The zero-order chi connectivity index (χ0) is 14.2. The third kappa shape index (κ3) is 17.3. The van der Waals surface area contributed by atoms with Gasteiger partial charge in [-0.3, -0.25) is 4.79 Å². The molecule has 0 aliphatic carbocycles. The molecule has 0 fully saturated rings. The van der Waals surface area contributed by atoms with E-state index in [9.17, 15) is 4.79 Å². The monoisotopic (exact) mass is 286 g/mol. The Kier molecular flexibility index (Phi) is 14.8. The molecule has 0 saturated heterocycles. The van der Waals surface area contributed by atoms with Crippen LogP contribution in [0.2, 0.25) is 0 Å². The molecule has 0 unspecified atom stereocenters. The van der Waals surface area contributed by atoms with Gasteiger partial charge < -0.3 is 5.11 Å². The third-order valence-corrected chi connectivity index (χ3v) is 3.27. The van der Waals surface area contributed by atoms with Crippen LogP contribution in [0.25, 0.3) is 0 Å². The van der Waals surface area contributed by atoms with Crippen molar-refractivity contribution in [1.29, 1.82) is 0 Å². The van der Waals surface area contributed by atoms with Crippen LogP contribution in [0.1, 0.15) is 77.0 Å². The zero-order valence-electron chi connectivity index (χ0n) is 11.9. The number of carboxylic acid groups (broad SMARTS) is 1. The summed E-state index contributed by atoms with van der Waals surface area (Å²) in [5, 5.41) is 8.49. The predicted molar refractivity (Wildman–Crippen MR) is 81.5 cm³/mol. The summed E-state index contributed by atoms with van der Waals surface area (Å²) in [6.45, 7) is 0. The number of unbranched alkanes of at least 4 members (excludes halogenated alkanes) is 9. The number of carboxylic acids is 1. The Morgan fingerprint density at radius 3 is 1.79 bits per heavy atom. The van der Waals surface area contributed by atoms with E-state index in [4.69, 9.17) is 16.7 Å². The van der Waals surface area contributed by atoms with Gasteiger partial charge in [-0.25, -0.2) is 0 Å². The molecular weight excluding hydrogens is 260 g/mol. The smallest absolute Gasteiger partial charge is 0.303 e. The van der Waals surface area contributed by atoms with E-state index in [1.807, 2.05) is 0 Å². The van der Waals surface area contributed by atoms with Gasteiger partial charge in [0.2, 0.25) is 0 Å². The van der Waals surface area contributed by atoms with Crippen LogP contribution in [0, 0.1) is 11.8 Å². The number of hydrogen-bond donors (Lipinski definition) is 1. The van der Waals surface area contributed by atoms with Crippen molar-refractivity contribution in [3.05, 3.63) is 0 Å². The number of carbonyl (C=O) groups is 1. The van der Waals surface area contributed by atoms with Crippen molar-refractivity contribution in [2.75, 3.05) is 5.88 Å². The molecule has 0 radical (unpaired) electrons. The second-order valence-electron chi connectivity index (χ2n) is 4.87. The number of rotatable bonds is 12. The fraction of sp³-hybridized carbons (Fsp3) is 0.812. The lowest BCUT2D eigenvalue weighted by Gasteiger charge is -2.00. The molecule has 3 heteroatoms. The molecule has 0 aromatic heterocycles. The fourth-order valence-electron chi connectivity index (χ4n) is 1.88. The summed E-state index contributed by atoms with van der Waals surface area (Å²) in [6.07, 6.45) is 12.6. The average molecular weight is 287 g/mol. The predicted octanol–water partition coefficient (Wildman–Crippen LogP) is 4.99. The van der Waals surface area contributed by atoms with E-state index in [1.165, 1.54) is 38.5 Å². The molecule has 0 rings (SSSR count). The van der Waals surface area contributed by atoms with Crippen molar-refractivity contribution in [2.45, 2.75) is 77.0 Å². The maximum absolute atomic E-state index is 10.3. The van der Waals surface area contributed by atoms with Crippen LogP contribution < -0.4 is 0 Å². The molecule has 0 spiro atoms. The second-order valence-corrected chi connectivity index (χ2v) is 5.25. The van der Waals surface area contributed by atoms with Crippen LogP contribution in [-0.4, -0.2) is 17.0 Å². The van der Waals surface area contributed by atoms with E-state index in [0.717, 1.165) is 32.1 Å². The van der Waals surface area contributed by atoms with Crippen molar-refractivity contribution >= 4 is 17.6 Å². The van der Waals surface area contributed by atoms with E-state index < -0.39 is 5.97 Å². The second kappa shape index (κ2) is 15.4. The van der Waals surface area contributed by atoms with Gasteiger partial charge in [0.1, 0.15) is 0 Å². The normalized spacial score (nSPS) is 9.95. The van der Waals surface area contributed by atoms with Gasteiger partial charge in [0.25, 0.3) is 0 Å². The molecule has 0 atom stereocenters. The Hall–Kier alpha value is -0.680. The molecule has 0 heterocycles. The van der Waals surface area contributed by atoms with Gasteiger partial charge in [-0.1, -0.05) is 38.5 Å². The number of hydrogen-bond acceptors (Lipinski definition) is 1. The van der Waals surface area contributed by atoms with E-state index in [1.54, 1.807) is 0 Å². The molecule has 0 aromatic rings. The van der Waals surface area contributed by atoms with Gasteiger partial charge in [0, 0.05) is 25.1 Å². The van der Waals surface area contributed by atoms with E-state index >= 15 is 0 Å². The van der Waals surface area contributed by atoms with Crippen molar-refractivity contribution < 1.29 is 9.90 Å². The summed E-state index contributed by atoms with van der Waals surface area (Å²) in [5.41, 5.74) is 0. The van der Waals surface area contributed by atoms with Gasteiger partial charge in [0.05, 0.1) is 0 Å². The van der Waals surface area contributed by atoms with E-state index in [-0.39, 0.29) is 0 Å². The first kappa shape index (κ1) is 18.3. The highest BCUT2D eigenvalue weighted by Gasteiger charge is 1.96. The molecule has 1 N–H and O–H groups in total. The van der Waals surface area contributed by atoms with Crippen LogP contribution in [0.4, 0.5) is 0 Å². The Bertz CT molecular complexity index is 266. The summed E-state index contributed by atoms with van der Waals surface area (Å²) >= 11 is 5.56. The highest BCUT2D eigenvalue weighted by Crippen LogP contribution is 2.10. The van der Waals surface area contributed by atoms with Crippen LogP contribution >= 0.6 is 11.6 Å². The number of alkyl halides is 1. The maximum Gasteiger partial charge on any atom is 0.303 e. The van der Waals surface area contributed by atoms with Crippen LogP contribution in [0.5, 0.6) is 0 Å². The fourth-order valence-corrected chi connectivity index (χ4v) is 2.02. The molecule has 0 aliphatic heterocycles. The van der Waals surface area contributed by atoms with Gasteiger partial charge >= 0.3 is 5.97 Å². The van der Waals surface area contributed by atoms with Crippen molar-refractivity contribution in [1.82, 2.24) is 0 Å². The molecule has 0 aliphatic rings. The molecule has 2 nitrogen and oxygen atoms in total. The first-order chi connectivity index (χ1) is 9.27. The first-order valence-electron chi connectivity index (χ1n) is 7.51. The minimum atomic E-state index is -0.674. The highest BCUT2D eigenvalue weighted by atomic mass is 35.5. The van der Waals surface area contributed by atoms with Gasteiger partial charge in [-0.05, 0) is 19.3 Å². The quantitative estimate of drug-likeness (QED) is 0.312. The molecular formula is C16H27ClO2. The Labute approximate surface area is 122 Å². The lowest BCUT2D eigenvalue weighted by molar-refractivity contribution is -0.137. The molecule has 0 saturated carbocycles. The Morgan fingerprint density at radius 2 is 1.26 bits per heavy atom. The Balaban J connectivity index is 3.06. The Morgan fingerprint density at radius 1 is 0.789 bits per heavy atom. The third-order valence-electron chi connectivity index (χ3n) is 3.00. The lowest BCUT2D eigenvalue weighted by Crippen LogP contribution is -1.93. The lowest BCUT2D eigenvalue weighted by atomic mass is 10.1. The summed E-state index contributed by atoms with van der Waals surface area (Å²) in [4.78, 5) is 10.3. The average Bonchev–Trinajstić information content (AvgIpc) is 2.39. The molecule has 0 bridgehead atoms. The molecule has 0 aromatic carbocycles. The van der Waals surface area contributed by atoms with E-state index in [0.29, 0.717) is 12.3 Å². The van der Waals surface area contributed by atoms with Crippen LogP contribution in [-0.2, 0) is 4.79 Å².